The minimum Gasteiger partial charge on any atom is -0.496 e. The Morgan fingerprint density at radius 3 is 2.50 bits per heavy atom. The molecule has 5 rings (SSSR count). The van der Waals surface area contributed by atoms with Gasteiger partial charge in [0.2, 0.25) is 0 Å². The molecule has 0 saturated carbocycles. The molecule has 0 unspecified atom stereocenters. The molecule has 3 aromatic rings. The summed E-state index contributed by atoms with van der Waals surface area (Å²) in [6.45, 7) is 4.96. The fraction of sp³-hybridized carbons (Fsp3) is 0.348. The van der Waals surface area contributed by atoms with Gasteiger partial charge in [0.15, 0.2) is 0 Å². The van der Waals surface area contributed by atoms with Crippen LogP contribution in [0.15, 0.2) is 42.6 Å². The van der Waals surface area contributed by atoms with Crippen molar-refractivity contribution in [3.8, 4) is 16.9 Å². The van der Waals surface area contributed by atoms with E-state index < -0.39 is 0 Å². The summed E-state index contributed by atoms with van der Waals surface area (Å²) in [5.74, 6) is 0.361. The summed E-state index contributed by atoms with van der Waals surface area (Å²) in [7, 11) is 1.59. The zero-order valence-corrected chi connectivity index (χ0v) is 17.0. The third kappa shape index (κ3) is 4.70. The molecule has 6 nitrogen and oxygen atoms in total. The average Bonchev–Trinajstić information content (AvgIpc) is 3.26. The zero-order valence-electron chi connectivity index (χ0n) is 17.0. The molecule has 0 atom stereocenters. The first-order valence-corrected chi connectivity index (χ1v) is 10.1. The molecule has 0 spiro atoms. The Morgan fingerprint density at radius 1 is 1.03 bits per heavy atom. The van der Waals surface area contributed by atoms with Gasteiger partial charge in [0.25, 0.3) is 0 Å². The Morgan fingerprint density at radius 2 is 1.83 bits per heavy atom. The van der Waals surface area contributed by atoms with Gasteiger partial charge in [-0.15, -0.1) is 0 Å². The second kappa shape index (κ2) is 9.84. The number of aromatic amines is 1. The molecule has 2 N–H and O–H groups in total. The number of fused-ring (bicyclic) bond motifs is 1. The van der Waals surface area contributed by atoms with Crippen LogP contribution in [0, 0.1) is 5.82 Å². The van der Waals surface area contributed by atoms with E-state index in [2.05, 4.69) is 27.4 Å². The van der Waals surface area contributed by atoms with Crippen molar-refractivity contribution in [2.45, 2.75) is 6.42 Å². The van der Waals surface area contributed by atoms with Crippen LogP contribution >= 0.6 is 0 Å². The number of ether oxygens (including phenoxy) is 3. The van der Waals surface area contributed by atoms with Gasteiger partial charge in [-0.05, 0) is 54.4 Å². The van der Waals surface area contributed by atoms with Crippen LogP contribution in [0.5, 0.6) is 5.75 Å². The van der Waals surface area contributed by atoms with Crippen LogP contribution in [0.3, 0.4) is 0 Å². The van der Waals surface area contributed by atoms with Gasteiger partial charge in [-0.25, -0.2) is 9.37 Å². The summed E-state index contributed by atoms with van der Waals surface area (Å²) in [6, 6.07) is 8.56. The molecule has 7 heteroatoms. The summed E-state index contributed by atoms with van der Waals surface area (Å²) >= 11 is 0. The van der Waals surface area contributed by atoms with Gasteiger partial charge in [0.05, 0.1) is 33.5 Å². The highest BCUT2D eigenvalue weighted by atomic mass is 19.1. The van der Waals surface area contributed by atoms with Crippen LogP contribution in [-0.4, -0.2) is 56.6 Å². The van der Waals surface area contributed by atoms with E-state index in [0.717, 1.165) is 73.8 Å². The molecule has 2 aliphatic heterocycles. The summed E-state index contributed by atoms with van der Waals surface area (Å²) in [6.07, 6.45) is 4.90. The van der Waals surface area contributed by atoms with Gasteiger partial charge in [0, 0.05) is 29.4 Å². The van der Waals surface area contributed by atoms with Gasteiger partial charge in [-0.2, -0.15) is 0 Å². The lowest BCUT2D eigenvalue weighted by Crippen LogP contribution is -2.20. The van der Waals surface area contributed by atoms with E-state index in [4.69, 9.17) is 14.2 Å². The molecule has 0 aliphatic carbocycles. The topological polar surface area (TPSA) is 68.4 Å². The Balaban J connectivity index is 0.000000313. The predicted octanol–water partition coefficient (Wildman–Crippen LogP) is 3.79. The number of halogens is 1. The second-order valence-electron chi connectivity index (χ2n) is 7.06. The van der Waals surface area contributed by atoms with E-state index in [1.807, 2.05) is 6.07 Å². The minimum absolute atomic E-state index is 0.285. The van der Waals surface area contributed by atoms with Crippen molar-refractivity contribution in [1.82, 2.24) is 15.3 Å². The molecular formula is C23H26FN3O3. The lowest BCUT2D eigenvalue weighted by Gasteiger charge is -2.12. The normalized spacial score (nSPS) is 16.5. The Hall–Kier alpha value is -2.74. The highest BCUT2D eigenvalue weighted by molar-refractivity contribution is 5.96. The molecule has 1 fully saturated rings. The lowest BCUT2D eigenvalue weighted by atomic mass is 10.0. The van der Waals surface area contributed by atoms with Crippen molar-refractivity contribution in [3.63, 3.8) is 0 Å². The summed E-state index contributed by atoms with van der Waals surface area (Å²) < 4.78 is 29.1. The van der Waals surface area contributed by atoms with E-state index in [1.165, 1.54) is 17.7 Å². The van der Waals surface area contributed by atoms with Crippen molar-refractivity contribution in [1.29, 1.82) is 0 Å². The number of hydrogen-bond acceptors (Lipinski definition) is 5. The van der Waals surface area contributed by atoms with Crippen LogP contribution in [0.1, 0.15) is 12.1 Å². The number of nitrogens with zero attached hydrogens (tertiary/aromatic N) is 1. The third-order valence-electron chi connectivity index (χ3n) is 5.14. The van der Waals surface area contributed by atoms with Gasteiger partial charge < -0.3 is 24.5 Å². The Bertz CT molecular complexity index is 1020. The molecule has 0 bridgehead atoms. The SMILES string of the molecule is C1COCCO1.COc1ccc(F)cc1-c1ccnc2[nH]c(C3=CCNCC3)cc12. The van der Waals surface area contributed by atoms with Crippen LogP contribution in [0.25, 0.3) is 27.7 Å². The van der Waals surface area contributed by atoms with Crippen molar-refractivity contribution >= 4 is 16.6 Å². The summed E-state index contributed by atoms with van der Waals surface area (Å²) in [5.41, 5.74) is 4.79. The number of aromatic nitrogens is 2. The molecule has 0 amide bonds. The first-order valence-electron chi connectivity index (χ1n) is 10.1. The second-order valence-corrected chi connectivity index (χ2v) is 7.06. The molecular weight excluding hydrogens is 385 g/mol. The van der Waals surface area contributed by atoms with Crippen LogP contribution < -0.4 is 10.1 Å². The molecule has 1 saturated heterocycles. The minimum atomic E-state index is -0.285. The average molecular weight is 411 g/mol. The largest absolute Gasteiger partial charge is 0.496 e. The van der Waals surface area contributed by atoms with E-state index in [1.54, 1.807) is 19.4 Å². The maximum absolute atomic E-state index is 13.8. The van der Waals surface area contributed by atoms with Crippen molar-refractivity contribution < 1.29 is 18.6 Å². The standard InChI is InChI=1S/C19H18FN3O.C4H8O2/c1-24-18-3-2-13(20)10-15(18)14-6-9-22-19-16(14)11-17(23-19)12-4-7-21-8-5-12;1-2-6-4-3-5-1/h2-4,6,9-11,21H,5,7-8H2,1H3,(H,22,23);1-4H2. The molecule has 1 aromatic carbocycles. The highest BCUT2D eigenvalue weighted by Crippen LogP contribution is 2.36. The van der Waals surface area contributed by atoms with E-state index >= 15 is 0 Å². The molecule has 2 aromatic heterocycles. The first-order chi connectivity index (χ1) is 14.8. The first kappa shape index (κ1) is 20.5. The predicted molar refractivity (Wildman–Crippen MR) is 115 cm³/mol. The molecule has 0 radical (unpaired) electrons. The van der Waals surface area contributed by atoms with Crippen LogP contribution in [-0.2, 0) is 9.47 Å². The molecule has 2 aliphatic rings. The number of H-pyrrole nitrogens is 1. The molecule has 30 heavy (non-hydrogen) atoms. The van der Waals surface area contributed by atoms with Crippen LogP contribution in [0.2, 0.25) is 0 Å². The molecule has 158 valence electrons. The Kier molecular flexibility index (Phi) is 6.74. The number of nitrogens with one attached hydrogen (secondary N) is 2. The van der Waals surface area contributed by atoms with Crippen molar-refractivity contribution in [3.05, 3.63) is 54.1 Å². The van der Waals surface area contributed by atoms with Crippen molar-refractivity contribution in [2.75, 3.05) is 46.6 Å². The van der Waals surface area contributed by atoms with E-state index in [-0.39, 0.29) is 5.82 Å². The summed E-state index contributed by atoms with van der Waals surface area (Å²) in [4.78, 5) is 7.81. The van der Waals surface area contributed by atoms with Crippen molar-refractivity contribution in [2.24, 2.45) is 0 Å². The Labute approximate surface area is 175 Å². The number of rotatable bonds is 3. The van der Waals surface area contributed by atoms with Gasteiger partial charge in [-0.3, -0.25) is 0 Å². The number of pyridine rings is 1. The lowest BCUT2D eigenvalue weighted by molar-refractivity contribution is -0.0334. The van der Waals surface area contributed by atoms with Gasteiger partial charge >= 0.3 is 0 Å². The highest BCUT2D eigenvalue weighted by Gasteiger charge is 2.15. The summed E-state index contributed by atoms with van der Waals surface area (Å²) in [5, 5.41) is 4.28. The smallest absolute Gasteiger partial charge is 0.138 e. The third-order valence-corrected chi connectivity index (χ3v) is 5.14. The monoisotopic (exact) mass is 411 g/mol. The zero-order chi connectivity index (χ0) is 20.8. The fourth-order valence-electron chi connectivity index (χ4n) is 3.63. The van der Waals surface area contributed by atoms with E-state index in [0.29, 0.717) is 5.75 Å². The quantitative estimate of drug-likeness (QED) is 0.686. The molecule has 4 heterocycles. The number of benzene rings is 1. The van der Waals surface area contributed by atoms with E-state index in [9.17, 15) is 4.39 Å². The van der Waals surface area contributed by atoms with Gasteiger partial charge in [-0.1, -0.05) is 6.08 Å². The number of methoxy groups -OCH3 is 1. The fourth-order valence-corrected chi connectivity index (χ4v) is 3.63. The number of hydrogen-bond donors (Lipinski definition) is 2. The maximum atomic E-state index is 13.8. The van der Waals surface area contributed by atoms with Crippen LogP contribution in [0.4, 0.5) is 4.39 Å². The maximum Gasteiger partial charge on any atom is 0.138 e. The van der Waals surface area contributed by atoms with Gasteiger partial charge in [0.1, 0.15) is 17.2 Å².